The standard InChI is InChI=1S/C15H25NO4/c1-14(2,3)20-13(19)16-10-9-15(12(17)18)8-6-4-5-7-11(15)16/h11H,4-10H2,1-3H3,(H,17,18)/t11-,15+/m0/s1. The zero-order valence-corrected chi connectivity index (χ0v) is 12.6. The van der Waals surface area contributed by atoms with Crippen LogP contribution in [0.25, 0.3) is 0 Å². The number of hydrogen-bond donors (Lipinski definition) is 1. The van der Waals surface area contributed by atoms with Crippen LogP contribution in [0.1, 0.15) is 59.3 Å². The van der Waals surface area contributed by atoms with Crippen molar-refractivity contribution in [2.24, 2.45) is 5.41 Å². The SMILES string of the molecule is CC(C)(C)OC(=O)N1CC[C@]2(C(=O)O)CCCCC[C@H]12. The van der Waals surface area contributed by atoms with Gasteiger partial charge in [-0.15, -0.1) is 0 Å². The van der Waals surface area contributed by atoms with Crippen molar-refractivity contribution in [3.8, 4) is 0 Å². The predicted molar refractivity (Wildman–Crippen MR) is 74.5 cm³/mol. The number of carbonyl (C=O) groups is 2. The van der Waals surface area contributed by atoms with Gasteiger partial charge >= 0.3 is 12.1 Å². The Hall–Kier alpha value is -1.26. The molecule has 1 amide bonds. The summed E-state index contributed by atoms with van der Waals surface area (Å²) in [6.07, 6.45) is 4.59. The van der Waals surface area contributed by atoms with E-state index >= 15 is 0 Å². The van der Waals surface area contributed by atoms with Gasteiger partial charge in [-0.1, -0.05) is 19.3 Å². The zero-order valence-electron chi connectivity index (χ0n) is 12.6. The smallest absolute Gasteiger partial charge is 0.410 e. The van der Waals surface area contributed by atoms with Crippen molar-refractivity contribution in [3.05, 3.63) is 0 Å². The molecule has 5 heteroatoms. The topological polar surface area (TPSA) is 66.8 Å². The van der Waals surface area contributed by atoms with Crippen LogP contribution in [0, 0.1) is 5.41 Å². The number of hydrogen-bond acceptors (Lipinski definition) is 3. The van der Waals surface area contributed by atoms with Gasteiger partial charge in [0, 0.05) is 6.54 Å². The third kappa shape index (κ3) is 2.76. The lowest BCUT2D eigenvalue weighted by atomic mass is 9.76. The molecule has 0 unspecified atom stereocenters. The monoisotopic (exact) mass is 283 g/mol. The molecular weight excluding hydrogens is 258 g/mol. The van der Waals surface area contributed by atoms with Gasteiger partial charge in [0.2, 0.25) is 0 Å². The second-order valence-corrected chi connectivity index (χ2v) is 7.00. The minimum atomic E-state index is -0.757. The maximum atomic E-state index is 12.3. The Labute approximate surface area is 120 Å². The summed E-state index contributed by atoms with van der Waals surface area (Å²) in [5, 5.41) is 9.68. The summed E-state index contributed by atoms with van der Waals surface area (Å²) in [5.41, 5.74) is -1.30. The first-order valence-electron chi connectivity index (χ1n) is 7.49. The lowest BCUT2D eigenvalue weighted by Crippen LogP contribution is -2.47. The quantitative estimate of drug-likeness (QED) is 0.803. The van der Waals surface area contributed by atoms with Crippen LogP contribution in [-0.2, 0) is 9.53 Å². The van der Waals surface area contributed by atoms with Crippen LogP contribution >= 0.6 is 0 Å². The summed E-state index contributed by atoms with van der Waals surface area (Å²) in [7, 11) is 0. The second-order valence-electron chi connectivity index (χ2n) is 7.00. The molecule has 1 heterocycles. The van der Waals surface area contributed by atoms with Crippen molar-refractivity contribution >= 4 is 12.1 Å². The average Bonchev–Trinajstić information content (AvgIpc) is 2.54. The highest BCUT2D eigenvalue weighted by Crippen LogP contribution is 2.46. The second kappa shape index (κ2) is 5.26. The highest BCUT2D eigenvalue weighted by molar-refractivity contribution is 5.79. The molecule has 0 radical (unpaired) electrons. The number of amides is 1. The summed E-state index contributed by atoms with van der Waals surface area (Å²) in [6.45, 7) is 5.99. The van der Waals surface area contributed by atoms with Crippen LogP contribution in [0.5, 0.6) is 0 Å². The molecular formula is C15H25NO4. The third-order valence-corrected chi connectivity index (χ3v) is 4.47. The van der Waals surface area contributed by atoms with Gasteiger partial charge in [-0.2, -0.15) is 0 Å². The fourth-order valence-corrected chi connectivity index (χ4v) is 3.51. The molecule has 0 spiro atoms. The largest absolute Gasteiger partial charge is 0.481 e. The van der Waals surface area contributed by atoms with Gasteiger partial charge < -0.3 is 14.7 Å². The Morgan fingerprint density at radius 2 is 1.90 bits per heavy atom. The van der Waals surface area contributed by atoms with E-state index in [4.69, 9.17) is 4.74 Å². The van der Waals surface area contributed by atoms with E-state index in [-0.39, 0.29) is 12.1 Å². The Bertz CT molecular complexity index is 401. The summed E-state index contributed by atoms with van der Waals surface area (Å²) in [4.78, 5) is 25.7. The van der Waals surface area contributed by atoms with Gasteiger partial charge in [-0.05, 0) is 40.0 Å². The van der Waals surface area contributed by atoms with Crippen molar-refractivity contribution in [1.29, 1.82) is 0 Å². The molecule has 2 atom stereocenters. The van der Waals surface area contributed by atoms with Crippen LogP contribution in [0.2, 0.25) is 0 Å². The summed E-state index contributed by atoms with van der Waals surface area (Å²) in [5.74, 6) is -0.754. The lowest BCUT2D eigenvalue weighted by Gasteiger charge is -2.34. The fraction of sp³-hybridized carbons (Fsp3) is 0.867. The maximum Gasteiger partial charge on any atom is 0.410 e. The number of rotatable bonds is 1. The van der Waals surface area contributed by atoms with Gasteiger partial charge in [0.15, 0.2) is 0 Å². The molecule has 1 saturated carbocycles. The number of likely N-dealkylation sites (tertiary alicyclic amines) is 1. The average molecular weight is 283 g/mol. The molecule has 114 valence electrons. The molecule has 0 aromatic carbocycles. The Morgan fingerprint density at radius 1 is 1.20 bits per heavy atom. The minimum absolute atomic E-state index is 0.211. The van der Waals surface area contributed by atoms with E-state index in [0.29, 0.717) is 19.4 Å². The first-order valence-corrected chi connectivity index (χ1v) is 7.49. The molecule has 20 heavy (non-hydrogen) atoms. The zero-order chi connectivity index (χ0) is 15.0. The Morgan fingerprint density at radius 3 is 2.50 bits per heavy atom. The van der Waals surface area contributed by atoms with Gasteiger partial charge in [0.1, 0.15) is 5.60 Å². The van der Waals surface area contributed by atoms with Gasteiger partial charge in [0.05, 0.1) is 11.5 Å². The first kappa shape index (κ1) is 15.1. The van der Waals surface area contributed by atoms with E-state index in [2.05, 4.69) is 0 Å². The highest BCUT2D eigenvalue weighted by Gasteiger charge is 2.54. The van der Waals surface area contributed by atoms with E-state index in [1.807, 2.05) is 20.8 Å². The van der Waals surface area contributed by atoms with Gasteiger partial charge in [-0.25, -0.2) is 4.79 Å². The van der Waals surface area contributed by atoms with Crippen LogP contribution in [0.3, 0.4) is 0 Å². The van der Waals surface area contributed by atoms with E-state index in [1.54, 1.807) is 4.90 Å². The Kier molecular flexibility index (Phi) is 3.98. The minimum Gasteiger partial charge on any atom is -0.481 e. The number of aliphatic carboxylic acids is 1. The molecule has 2 rings (SSSR count). The number of carboxylic acid groups (broad SMARTS) is 1. The van der Waals surface area contributed by atoms with E-state index in [9.17, 15) is 14.7 Å². The molecule has 0 aromatic heterocycles. The molecule has 0 aromatic rings. The van der Waals surface area contributed by atoms with Crippen LogP contribution in [0.15, 0.2) is 0 Å². The predicted octanol–water partition coefficient (Wildman–Crippen LogP) is 3.03. The molecule has 2 aliphatic rings. The molecule has 1 N–H and O–H groups in total. The normalized spacial score (nSPS) is 30.6. The number of fused-ring (bicyclic) bond motifs is 1. The van der Waals surface area contributed by atoms with Gasteiger partial charge in [-0.3, -0.25) is 4.79 Å². The Balaban J connectivity index is 2.21. The van der Waals surface area contributed by atoms with Crippen molar-refractivity contribution in [1.82, 2.24) is 4.90 Å². The fourth-order valence-electron chi connectivity index (χ4n) is 3.51. The van der Waals surface area contributed by atoms with Crippen molar-refractivity contribution in [3.63, 3.8) is 0 Å². The summed E-state index contributed by atoms with van der Waals surface area (Å²) in [6, 6.07) is -0.211. The lowest BCUT2D eigenvalue weighted by molar-refractivity contribution is -0.150. The van der Waals surface area contributed by atoms with Crippen LogP contribution in [-0.4, -0.2) is 40.3 Å². The summed E-state index contributed by atoms with van der Waals surface area (Å²) >= 11 is 0. The van der Waals surface area contributed by atoms with Crippen molar-refractivity contribution in [2.75, 3.05) is 6.54 Å². The maximum absolute atomic E-state index is 12.3. The van der Waals surface area contributed by atoms with Crippen molar-refractivity contribution < 1.29 is 19.4 Å². The number of ether oxygens (including phenoxy) is 1. The van der Waals surface area contributed by atoms with E-state index < -0.39 is 17.0 Å². The van der Waals surface area contributed by atoms with Crippen LogP contribution in [0.4, 0.5) is 4.79 Å². The molecule has 2 fully saturated rings. The molecule has 1 saturated heterocycles. The van der Waals surface area contributed by atoms with Crippen molar-refractivity contribution in [2.45, 2.75) is 70.9 Å². The summed E-state index contributed by atoms with van der Waals surface area (Å²) < 4.78 is 5.43. The highest BCUT2D eigenvalue weighted by atomic mass is 16.6. The number of carboxylic acids is 1. The van der Waals surface area contributed by atoms with Crippen LogP contribution < -0.4 is 0 Å². The van der Waals surface area contributed by atoms with Gasteiger partial charge in [0.25, 0.3) is 0 Å². The van der Waals surface area contributed by atoms with E-state index in [0.717, 1.165) is 25.7 Å². The third-order valence-electron chi connectivity index (χ3n) is 4.47. The molecule has 1 aliphatic carbocycles. The number of nitrogens with zero attached hydrogens (tertiary/aromatic N) is 1. The molecule has 1 aliphatic heterocycles. The molecule has 0 bridgehead atoms. The van der Waals surface area contributed by atoms with E-state index in [1.165, 1.54) is 0 Å². The molecule has 5 nitrogen and oxygen atoms in total. The first-order chi connectivity index (χ1) is 9.26. The number of carbonyl (C=O) groups excluding carboxylic acids is 1.